The van der Waals surface area contributed by atoms with Gasteiger partial charge in [0.15, 0.2) is 0 Å². The fourth-order valence-electron chi connectivity index (χ4n) is 2.02. The van der Waals surface area contributed by atoms with Gasteiger partial charge < -0.3 is 5.73 Å². The van der Waals surface area contributed by atoms with Gasteiger partial charge in [-0.05, 0) is 29.5 Å². The van der Waals surface area contributed by atoms with Crippen molar-refractivity contribution in [1.29, 1.82) is 0 Å². The molecule has 0 heterocycles. The van der Waals surface area contributed by atoms with Gasteiger partial charge in [-0.3, -0.25) is 0 Å². The molecule has 0 saturated heterocycles. The highest BCUT2D eigenvalue weighted by Crippen LogP contribution is 2.22. The van der Waals surface area contributed by atoms with Gasteiger partial charge in [0.25, 0.3) is 0 Å². The van der Waals surface area contributed by atoms with Crippen LogP contribution in [0.2, 0.25) is 0 Å². The molecule has 2 rings (SSSR count). The van der Waals surface area contributed by atoms with E-state index in [0.717, 1.165) is 12.8 Å². The Morgan fingerprint density at radius 3 is 2.11 bits per heavy atom. The summed E-state index contributed by atoms with van der Waals surface area (Å²) in [7, 11) is 0. The van der Waals surface area contributed by atoms with E-state index in [-0.39, 0.29) is 18.4 Å². The van der Waals surface area contributed by atoms with Crippen molar-refractivity contribution in [2.45, 2.75) is 18.9 Å². The van der Waals surface area contributed by atoms with E-state index >= 15 is 0 Å². The van der Waals surface area contributed by atoms with Gasteiger partial charge in [0.2, 0.25) is 0 Å². The topological polar surface area (TPSA) is 26.0 Å². The first-order valence-corrected chi connectivity index (χ1v) is 6.33. The maximum absolute atomic E-state index is 6.12. The Morgan fingerprint density at radius 1 is 0.947 bits per heavy atom. The molecule has 0 bridgehead atoms. The SMILES string of the molecule is C=CCC[C@H](N)c1ccc(-c2ccccc2)cc1.Cl. The summed E-state index contributed by atoms with van der Waals surface area (Å²) in [6, 6.07) is 19.0. The van der Waals surface area contributed by atoms with Crippen LogP contribution in [0.5, 0.6) is 0 Å². The zero-order valence-corrected chi connectivity index (χ0v) is 11.8. The van der Waals surface area contributed by atoms with E-state index in [1.165, 1.54) is 16.7 Å². The Labute approximate surface area is 121 Å². The minimum atomic E-state index is 0. The summed E-state index contributed by atoms with van der Waals surface area (Å²) in [5.74, 6) is 0. The summed E-state index contributed by atoms with van der Waals surface area (Å²) in [4.78, 5) is 0. The molecule has 2 N–H and O–H groups in total. The lowest BCUT2D eigenvalue weighted by Gasteiger charge is -2.11. The fraction of sp³-hybridized carbons (Fsp3) is 0.176. The third kappa shape index (κ3) is 4.23. The molecule has 1 atom stereocenters. The number of hydrogen-bond donors (Lipinski definition) is 1. The monoisotopic (exact) mass is 273 g/mol. The number of nitrogens with two attached hydrogens (primary N) is 1. The van der Waals surface area contributed by atoms with Gasteiger partial charge in [-0.2, -0.15) is 0 Å². The smallest absolute Gasteiger partial charge is 0.0297 e. The van der Waals surface area contributed by atoms with Crippen molar-refractivity contribution in [3.05, 3.63) is 72.8 Å². The standard InChI is InChI=1S/C17H19N.ClH/c1-2-3-9-17(18)16-12-10-15(11-13-16)14-7-5-4-6-8-14;/h2,4-8,10-13,17H,1,3,9,18H2;1H/t17-;/m0./s1. The lowest BCUT2D eigenvalue weighted by molar-refractivity contribution is 0.661. The van der Waals surface area contributed by atoms with Gasteiger partial charge in [-0.15, -0.1) is 19.0 Å². The summed E-state index contributed by atoms with van der Waals surface area (Å²) in [5, 5.41) is 0. The normalized spacial score (nSPS) is 11.4. The van der Waals surface area contributed by atoms with E-state index in [1.54, 1.807) is 0 Å². The molecule has 2 heteroatoms. The number of allylic oxidation sites excluding steroid dienone is 1. The third-order valence-corrected chi connectivity index (χ3v) is 3.13. The van der Waals surface area contributed by atoms with Gasteiger partial charge >= 0.3 is 0 Å². The highest BCUT2D eigenvalue weighted by molar-refractivity contribution is 5.85. The molecule has 0 saturated carbocycles. The first-order chi connectivity index (χ1) is 8.81. The lowest BCUT2D eigenvalue weighted by atomic mass is 9.99. The van der Waals surface area contributed by atoms with Crippen LogP contribution >= 0.6 is 12.4 Å². The van der Waals surface area contributed by atoms with Gasteiger partial charge in [0.05, 0.1) is 0 Å². The molecule has 1 nitrogen and oxygen atoms in total. The van der Waals surface area contributed by atoms with E-state index in [9.17, 15) is 0 Å². The van der Waals surface area contributed by atoms with Crippen LogP contribution in [-0.4, -0.2) is 0 Å². The Bertz CT molecular complexity index is 490. The van der Waals surface area contributed by atoms with Crippen molar-refractivity contribution in [2.24, 2.45) is 5.73 Å². The zero-order chi connectivity index (χ0) is 12.8. The fourth-order valence-corrected chi connectivity index (χ4v) is 2.02. The predicted molar refractivity (Wildman–Crippen MR) is 85.5 cm³/mol. The van der Waals surface area contributed by atoms with Gasteiger partial charge in [-0.1, -0.05) is 60.7 Å². The first-order valence-electron chi connectivity index (χ1n) is 6.33. The number of halogens is 1. The Kier molecular flexibility index (Phi) is 6.34. The molecular formula is C17H20ClN. The predicted octanol–water partition coefficient (Wildman–Crippen LogP) is 4.74. The van der Waals surface area contributed by atoms with Crippen LogP contribution in [0.4, 0.5) is 0 Å². The highest BCUT2D eigenvalue weighted by atomic mass is 35.5. The molecule has 0 aliphatic carbocycles. The van der Waals surface area contributed by atoms with Crippen molar-refractivity contribution >= 4 is 12.4 Å². The molecule has 0 amide bonds. The Hall–Kier alpha value is -1.57. The molecule has 19 heavy (non-hydrogen) atoms. The quantitative estimate of drug-likeness (QED) is 0.782. The molecule has 0 fully saturated rings. The van der Waals surface area contributed by atoms with Crippen molar-refractivity contribution < 1.29 is 0 Å². The molecular weight excluding hydrogens is 254 g/mol. The van der Waals surface area contributed by atoms with Gasteiger partial charge in [-0.25, -0.2) is 0 Å². The summed E-state index contributed by atoms with van der Waals surface area (Å²) >= 11 is 0. The lowest BCUT2D eigenvalue weighted by Crippen LogP contribution is -2.09. The van der Waals surface area contributed by atoms with Crippen LogP contribution in [0.15, 0.2) is 67.3 Å². The molecule has 0 unspecified atom stereocenters. The largest absolute Gasteiger partial charge is 0.324 e. The number of benzene rings is 2. The summed E-state index contributed by atoms with van der Waals surface area (Å²) in [5.41, 5.74) is 9.78. The van der Waals surface area contributed by atoms with E-state index < -0.39 is 0 Å². The maximum Gasteiger partial charge on any atom is 0.0297 e. The average molecular weight is 274 g/mol. The Morgan fingerprint density at radius 2 is 1.53 bits per heavy atom. The minimum Gasteiger partial charge on any atom is -0.324 e. The summed E-state index contributed by atoms with van der Waals surface area (Å²) < 4.78 is 0. The first kappa shape index (κ1) is 15.5. The summed E-state index contributed by atoms with van der Waals surface area (Å²) in [6.45, 7) is 3.72. The zero-order valence-electron chi connectivity index (χ0n) is 11.0. The van der Waals surface area contributed by atoms with Crippen LogP contribution in [0.25, 0.3) is 11.1 Å². The van der Waals surface area contributed by atoms with E-state index in [2.05, 4.69) is 55.1 Å². The van der Waals surface area contributed by atoms with Crippen LogP contribution in [0.3, 0.4) is 0 Å². The number of rotatable bonds is 5. The van der Waals surface area contributed by atoms with Crippen LogP contribution in [-0.2, 0) is 0 Å². The molecule has 2 aromatic rings. The molecule has 0 aliphatic rings. The van der Waals surface area contributed by atoms with Crippen LogP contribution in [0, 0.1) is 0 Å². The average Bonchev–Trinajstić information content (AvgIpc) is 2.46. The summed E-state index contributed by atoms with van der Waals surface area (Å²) in [6.07, 6.45) is 3.83. The van der Waals surface area contributed by atoms with Crippen molar-refractivity contribution in [3.63, 3.8) is 0 Å². The van der Waals surface area contributed by atoms with Gasteiger partial charge in [0, 0.05) is 6.04 Å². The second-order valence-electron chi connectivity index (χ2n) is 4.46. The molecule has 0 aromatic heterocycles. The van der Waals surface area contributed by atoms with Crippen molar-refractivity contribution in [2.75, 3.05) is 0 Å². The van der Waals surface area contributed by atoms with E-state index in [4.69, 9.17) is 5.73 Å². The minimum absolute atomic E-state index is 0. The van der Waals surface area contributed by atoms with Crippen molar-refractivity contribution in [1.82, 2.24) is 0 Å². The van der Waals surface area contributed by atoms with Crippen molar-refractivity contribution in [3.8, 4) is 11.1 Å². The number of hydrogen-bond acceptors (Lipinski definition) is 1. The molecule has 0 aliphatic heterocycles. The van der Waals surface area contributed by atoms with Gasteiger partial charge in [0.1, 0.15) is 0 Å². The Balaban J connectivity index is 0.00000180. The van der Waals surface area contributed by atoms with Crippen LogP contribution in [0.1, 0.15) is 24.4 Å². The second-order valence-corrected chi connectivity index (χ2v) is 4.46. The highest BCUT2D eigenvalue weighted by Gasteiger charge is 2.05. The van der Waals surface area contributed by atoms with E-state index in [0.29, 0.717) is 0 Å². The molecule has 100 valence electrons. The van der Waals surface area contributed by atoms with E-state index in [1.807, 2.05) is 12.1 Å². The second kappa shape index (κ2) is 7.78. The van der Waals surface area contributed by atoms with Crippen LogP contribution < -0.4 is 5.73 Å². The molecule has 0 spiro atoms. The molecule has 2 aromatic carbocycles. The third-order valence-electron chi connectivity index (χ3n) is 3.13. The maximum atomic E-state index is 6.12. The molecule has 0 radical (unpaired) electrons.